The molecule has 0 unspecified atom stereocenters. The first-order valence-electron chi connectivity index (χ1n) is 8.30. The van der Waals surface area contributed by atoms with Crippen LogP contribution in [0.25, 0.3) is 0 Å². The van der Waals surface area contributed by atoms with Gasteiger partial charge in [-0.2, -0.15) is 0 Å². The van der Waals surface area contributed by atoms with Gasteiger partial charge in [-0.15, -0.1) is 0 Å². The monoisotopic (exact) mass is 562 g/mol. The topological polar surface area (TPSA) is 262 Å². The van der Waals surface area contributed by atoms with Gasteiger partial charge in [0.25, 0.3) is 0 Å². The van der Waals surface area contributed by atoms with E-state index in [0.717, 1.165) is 9.80 Å². The van der Waals surface area contributed by atoms with Crippen LogP contribution in [0, 0.1) is 15.3 Å². The molecule has 0 saturated carbocycles. The van der Waals surface area contributed by atoms with Crippen LogP contribution in [0.5, 0.6) is 0 Å². The number of rotatable bonds is 16. The number of aliphatic carboxylic acids is 5. The summed E-state index contributed by atoms with van der Waals surface area (Å²) in [7, 11) is 0. The predicted molar refractivity (Wildman–Crippen MR) is 97.9 cm³/mol. The molecule has 32 heavy (non-hydrogen) atoms. The summed E-state index contributed by atoms with van der Waals surface area (Å²) < 4.78 is 0. The maximum Gasteiger partial charge on any atom is 1.00 e. The van der Waals surface area contributed by atoms with Gasteiger partial charge in [0.1, 0.15) is 0 Å². The van der Waals surface area contributed by atoms with Gasteiger partial charge in [-0.3, -0.25) is 38.7 Å². The van der Waals surface area contributed by atoms with Crippen molar-refractivity contribution in [2.45, 2.75) is 0 Å². The van der Waals surface area contributed by atoms with E-state index in [-0.39, 0.29) is 48.6 Å². The maximum atomic E-state index is 11.0. The largest absolute Gasteiger partial charge is 1.00 e. The van der Waals surface area contributed by atoms with Gasteiger partial charge in [-0.25, -0.2) is 0 Å². The fraction of sp³-hybridized carbons (Fsp3) is 0.643. The standard InChI is InChI=1S/C14H23N3O10.Ag.NO3/c18-10(19)5-15(1-3-16(6-11(20)21)7-12(22)23)2-4-17(8-13(24)25)9-14(26)27;;2-1(3)4/h1-9H2,(H,18,19)(H,20,21)(H,22,23)(H,24,25)(H,26,27);;/q;+1;-1. The molecule has 5 N–H and O–H groups in total. The fourth-order valence-electron chi connectivity index (χ4n) is 2.22. The molecule has 0 fully saturated rings. The van der Waals surface area contributed by atoms with Crippen LogP contribution in [0.15, 0.2) is 0 Å². The summed E-state index contributed by atoms with van der Waals surface area (Å²) in [5, 5.41) is 58.9. The normalized spacial score (nSPS) is 10.1. The molecule has 18 heteroatoms. The van der Waals surface area contributed by atoms with E-state index in [1.54, 1.807) is 0 Å². The zero-order chi connectivity index (χ0) is 24.6. The molecule has 0 aromatic heterocycles. The van der Waals surface area contributed by atoms with Gasteiger partial charge in [0, 0.05) is 26.2 Å². The van der Waals surface area contributed by atoms with E-state index in [9.17, 15) is 24.0 Å². The zero-order valence-electron chi connectivity index (χ0n) is 16.5. The molecule has 0 aliphatic rings. The third kappa shape index (κ3) is 25.2. The van der Waals surface area contributed by atoms with Crippen LogP contribution in [0.1, 0.15) is 0 Å². The summed E-state index contributed by atoms with van der Waals surface area (Å²) in [4.78, 5) is 65.9. The van der Waals surface area contributed by atoms with Gasteiger partial charge in [0.2, 0.25) is 0 Å². The molecule has 0 rings (SSSR count). The molecule has 0 aliphatic carbocycles. The van der Waals surface area contributed by atoms with Crippen molar-refractivity contribution < 1.29 is 77.0 Å². The van der Waals surface area contributed by atoms with Crippen LogP contribution in [-0.2, 0) is 46.4 Å². The Morgan fingerprint density at radius 1 is 0.531 bits per heavy atom. The van der Waals surface area contributed by atoms with Gasteiger partial charge in [0.15, 0.2) is 0 Å². The minimum absolute atomic E-state index is 0. The Hall–Kier alpha value is -2.83. The van der Waals surface area contributed by atoms with Crippen LogP contribution < -0.4 is 0 Å². The van der Waals surface area contributed by atoms with Crippen molar-refractivity contribution in [3.05, 3.63) is 15.3 Å². The number of carboxylic acid groups (broad SMARTS) is 5. The molecule has 188 valence electrons. The molecule has 0 aromatic rings. The summed E-state index contributed by atoms with van der Waals surface area (Å²) in [6, 6.07) is 0. The summed E-state index contributed by atoms with van der Waals surface area (Å²) >= 11 is 0. The minimum atomic E-state index is -1.75. The number of carboxylic acids is 5. The second-order valence-electron chi connectivity index (χ2n) is 5.89. The predicted octanol–water partition coefficient (Wildman–Crippen LogP) is -2.93. The van der Waals surface area contributed by atoms with E-state index in [1.807, 2.05) is 0 Å². The Balaban J connectivity index is -0.00000154. The fourth-order valence-corrected chi connectivity index (χ4v) is 2.22. The number of nitrogens with zero attached hydrogens (tertiary/aromatic N) is 4. The quantitative estimate of drug-likeness (QED) is 0.0715. The first kappa shape index (κ1) is 33.8. The SMILES string of the molecule is O=C(O)CN(CCN(CC(=O)O)CC(=O)O)CCN(CC(=O)O)CC(=O)O.O=[N+]([O-])[O-].[Ag+]. The second-order valence-corrected chi connectivity index (χ2v) is 5.89. The second kappa shape index (κ2) is 18.9. The Bertz CT molecular complexity index is 572. The molecule has 0 amide bonds. The molecule has 17 nitrogen and oxygen atoms in total. The van der Waals surface area contributed by atoms with Crippen molar-refractivity contribution in [1.82, 2.24) is 14.7 Å². The van der Waals surface area contributed by atoms with Crippen LogP contribution in [0.4, 0.5) is 0 Å². The van der Waals surface area contributed by atoms with Crippen LogP contribution >= 0.6 is 0 Å². The molecule has 0 heterocycles. The summed E-state index contributed by atoms with van der Waals surface area (Å²) in [5.41, 5.74) is 0. The van der Waals surface area contributed by atoms with Gasteiger partial charge < -0.3 is 40.9 Å². The van der Waals surface area contributed by atoms with E-state index in [1.165, 1.54) is 4.90 Å². The van der Waals surface area contributed by atoms with Crippen molar-refractivity contribution in [3.8, 4) is 0 Å². The van der Waals surface area contributed by atoms with Gasteiger partial charge in [-0.05, 0) is 0 Å². The number of hydrogen-bond donors (Lipinski definition) is 5. The van der Waals surface area contributed by atoms with Crippen LogP contribution in [-0.4, -0.2) is 134 Å². The van der Waals surface area contributed by atoms with Crippen molar-refractivity contribution >= 4 is 29.8 Å². The smallest absolute Gasteiger partial charge is 0.480 e. The van der Waals surface area contributed by atoms with Crippen molar-refractivity contribution in [2.24, 2.45) is 0 Å². The average molecular weight is 563 g/mol. The Morgan fingerprint density at radius 3 is 0.875 bits per heavy atom. The third-order valence-electron chi connectivity index (χ3n) is 3.26. The molecule has 0 atom stereocenters. The summed E-state index contributed by atoms with van der Waals surface area (Å²) in [5.74, 6) is -6.16. The first-order chi connectivity index (χ1) is 14.2. The Labute approximate surface area is 196 Å². The van der Waals surface area contributed by atoms with Crippen molar-refractivity contribution in [1.29, 1.82) is 0 Å². The Kier molecular flexibility index (Phi) is 20.0. The molecule has 0 aliphatic heterocycles. The summed E-state index contributed by atoms with van der Waals surface area (Å²) in [6.45, 7) is -2.74. The average Bonchev–Trinajstić information content (AvgIpc) is 2.53. The van der Waals surface area contributed by atoms with E-state index in [4.69, 9.17) is 40.9 Å². The molecular weight excluding hydrogens is 540 g/mol. The molecule has 0 radical (unpaired) electrons. The molecule has 0 spiro atoms. The van der Waals surface area contributed by atoms with Gasteiger partial charge in [0.05, 0.1) is 37.8 Å². The molecular formula is C14H23AgN4O13. The van der Waals surface area contributed by atoms with Crippen LogP contribution in [0.2, 0.25) is 0 Å². The van der Waals surface area contributed by atoms with Crippen molar-refractivity contribution in [3.63, 3.8) is 0 Å². The van der Waals surface area contributed by atoms with Gasteiger partial charge in [-0.1, -0.05) is 0 Å². The van der Waals surface area contributed by atoms with E-state index in [2.05, 4.69) is 0 Å². The van der Waals surface area contributed by atoms with Crippen LogP contribution in [0.3, 0.4) is 0 Å². The third-order valence-corrected chi connectivity index (χ3v) is 3.26. The molecule has 0 bridgehead atoms. The van der Waals surface area contributed by atoms with E-state index < -0.39 is 67.7 Å². The minimum Gasteiger partial charge on any atom is -0.480 e. The first-order valence-corrected chi connectivity index (χ1v) is 8.30. The number of hydrogen-bond acceptors (Lipinski definition) is 11. The van der Waals surface area contributed by atoms with E-state index in [0.29, 0.717) is 0 Å². The maximum absolute atomic E-state index is 11.0. The van der Waals surface area contributed by atoms with E-state index >= 15 is 0 Å². The summed E-state index contributed by atoms with van der Waals surface area (Å²) in [6.07, 6.45) is 0. The molecule has 0 saturated heterocycles. The number of carbonyl (C=O) groups is 5. The van der Waals surface area contributed by atoms with Crippen molar-refractivity contribution in [2.75, 3.05) is 58.9 Å². The van der Waals surface area contributed by atoms with Gasteiger partial charge >= 0.3 is 52.2 Å². The Morgan fingerprint density at radius 2 is 0.688 bits per heavy atom. The molecule has 0 aromatic carbocycles. The zero-order valence-corrected chi connectivity index (χ0v) is 17.9.